The Balaban J connectivity index is 1.42. The van der Waals surface area contributed by atoms with Gasteiger partial charge in [-0.05, 0) is 103 Å². The summed E-state index contributed by atoms with van der Waals surface area (Å²) in [7, 11) is 0. The van der Waals surface area contributed by atoms with Crippen molar-refractivity contribution in [2.45, 2.75) is 27.7 Å². The zero-order chi connectivity index (χ0) is 29.5. The molecule has 4 rings (SSSR count). The van der Waals surface area contributed by atoms with E-state index >= 15 is 0 Å². The number of rotatable bonds is 11. The highest BCUT2D eigenvalue weighted by Gasteiger charge is 2.35. The van der Waals surface area contributed by atoms with E-state index in [4.69, 9.17) is 14.2 Å². The van der Waals surface area contributed by atoms with Crippen LogP contribution in [0.3, 0.4) is 0 Å². The highest BCUT2D eigenvalue weighted by molar-refractivity contribution is 9.10. The highest BCUT2D eigenvalue weighted by atomic mass is 79.9. The lowest BCUT2D eigenvalue weighted by Gasteiger charge is -2.15. The van der Waals surface area contributed by atoms with Gasteiger partial charge in [-0.15, -0.1) is 0 Å². The molecule has 3 aromatic rings. The molecule has 0 saturated carbocycles. The number of halogens is 1. The first-order chi connectivity index (χ1) is 19.6. The Labute approximate surface area is 252 Å². The number of hydrogen-bond acceptors (Lipinski definition) is 7. The van der Waals surface area contributed by atoms with E-state index in [9.17, 15) is 14.4 Å². The normalized spacial score (nSPS) is 14.0. The molecule has 1 saturated heterocycles. The van der Waals surface area contributed by atoms with Crippen molar-refractivity contribution in [3.05, 3.63) is 86.2 Å². The molecule has 8 nitrogen and oxygen atoms in total. The number of benzene rings is 3. The number of nitrogens with zero attached hydrogens (tertiary/aromatic N) is 1. The molecule has 1 aliphatic heterocycles. The predicted octanol–water partition coefficient (Wildman–Crippen LogP) is 6.91. The van der Waals surface area contributed by atoms with Crippen LogP contribution >= 0.6 is 27.7 Å². The fourth-order valence-electron chi connectivity index (χ4n) is 4.09. The number of imide groups is 1. The van der Waals surface area contributed by atoms with E-state index in [1.165, 1.54) is 4.90 Å². The van der Waals surface area contributed by atoms with Gasteiger partial charge in [-0.25, -0.2) is 0 Å². The minimum absolute atomic E-state index is 0.140. The monoisotopic (exact) mass is 638 g/mol. The molecule has 3 aromatic carbocycles. The third-order valence-corrected chi connectivity index (χ3v) is 7.61. The maximum atomic E-state index is 13.0. The van der Waals surface area contributed by atoms with Gasteiger partial charge in [-0.2, -0.15) is 0 Å². The molecule has 41 heavy (non-hydrogen) atoms. The molecule has 0 radical (unpaired) electrons. The number of nitrogens with one attached hydrogen (secondary N) is 1. The summed E-state index contributed by atoms with van der Waals surface area (Å²) in [6.45, 7) is 8.21. The summed E-state index contributed by atoms with van der Waals surface area (Å²) in [4.78, 5) is 39.6. The first-order valence-corrected chi connectivity index (χ1v) is 14.7. The number of thioether (sulfide) groups is 1. The number of carbonyl (C=O) groups is 3. The molecule has 1 N–H and O–H groups in total. The van der Waals surface area contributed by atoms with Crippen molar-refractivity contribution in [1.82, 2.24) is 4.90 Å². The number of hydrogen-bond donors (Lipinski definition) is 1. The lowest BCUT2D eigenvalue weighted by molar-refractivity contribution is -0.123. The third kappa shape index (κ3) is 7.92. The molecule has 1 heterocycles. The van der Waals surface area contributed by atoms with Gasteiger partial charge in [0.2, 0.25) is 0 Å². The van der Waals surface area contributed by atoms with Crippen LogP contribution < -0.4 is 19.5 Å². The molecule has 10 heteroatoms. The zero-order valence-electron chi connectivity index (χ0n) is 23.3. The predicted molar refractivity (Wildman–Crippen MR) is 165 cm³/mol. The molecule has 0 spiro atoms. The molecule has 0 aromatic heterocycles. The molecule has 3 amide bonds. The van der Waals surface area contributed by atoms with Crippen LogP contribution in [0.15, 0.2) is 64.0 Å². The van der Waals surface area contributed by atoms with Crippen LogP contribution in [0, 0.1) is 20.8 Å². The summed E-state index contributed by atoms with van der Waals surface area (Å²) in [5.74, 6) is 0.746. The van der Waals surface area contributed by atoms with Gasteiger partial charge in [0.05, 0.1) is 22.5 Å². The van der Waals surface area contributed by atoms with Crippen molar-refractivity contribution in [2.24, 2.45) is 0 Å². The molecular formula is C31H31BrN2O6S. The van der Waals surface area contributed by atoms with E-state index in [1.54, 1.807) is 18.2 Å². The van der Waals surface area contributed by atoms with E-state index in [-0.39, 0.29) is 36.8 Å². The number of ether oxygens (including phenoxy) is 3. The van der Waals surface area contributed by atoms with Crippen molar-refractivity contribution in [1.29, 1.82) is 0 Å². The van der Waals surface area contributed by atoms with E-state index in [0.717, 1.165) is 34.1 Å². The minimum Gasteiger partial charge on any atom is -0.492 e. The van der Waals surface area contributed by atoms with Crippen LogP contribution in [-0.4, -0.2) is 48.3 Å². The fraction of sp³-hybridized carbons (Fsp3) is 0.258. The largest absolute Gasteiger partial charge is 0.492 e. The SMILES string of the molecule is CCOc1cc(/C=C2\SC(=O)N(CCOc3ccc(C)cc3)C2=O)cc(Br)c1OCC(=O)Nc1ccc(C)cc1C. The maximum absolute atomic E-state index is 13.0. The minimum atomic E-state index is -0.384. The second kappa shape index (κ2) is 13.7. The van der Waals surface area contributed by atoms with E-state index < -0.39 is 0 Å². The Morgan fingerprint density at radius 1 is 0.976 bits per heavy atom. The van der Waals surface area contributed by atoms with Crippen molar-refractivity contribution in [2.75, 3.05) is 31.7 Å². The molecule has 214 valence electrons. The van der Waals surface area contributed by atoms with Gasteiger partial charge in [0.15, 0.2) is 18.1 Å². The maximum Gasteiger partial charge on any atom is 0.293 e. The van der Waals surface area contributed by atoms with Crippen LogP contribution in [0.2, 0.25) is 0 Å². The average molecular weight is 640 g/mol. The third-order valence-electron chi connectivity index (χ3n) is 6.11. The summed E-state index contributed by atoms with van der Waals surface area (Å²) >= 11 is 4.38. The zero-order valence-corrected chi connectivity index (χ0v) is 25.7. The number of anilines is 1. The van der Waals surface area contributed by atoms with Crippen molar-refractivity contribution in [3.8, 4) is 17.2 Å². The topological polar surface area (TPSA) is 94.2 Å². The van der Waals surface area contributed by atoms with Crippen LogP contribution in [0.4, 0.5) is 10.5 Å². The molecule has 0 bridgehead atoms. The van der Waals surface area contributed by atoms with Crippen molar-refractivity contribution in [3.63, 3.8) is 0 Å². The van der Waals surface area contributed by atoms with Crippen molar-refractivity contribution < 1.29 is 28.6 Å². The summed E-state index contributed by atoms with van der Waals surface area (Å²) in [6, 6.07) is 16.8. The number of amides is 3. The molecule has 1 aliphatic rings. The summed E-state index contributed by atoms with van der Waals surface area (Å²) in [6.07, 6.45) is 1.63. The quantitative estimate of drug-likeness (QED) is 0.228. The van der Waals surface area contributed by atoms with Crippen LogP contribution in [0.5, 0.6) is 17.2 Å². The van der Waals surface area contributed by atoms with Crippen molar-refractivity contribution >= 4 is 56.5 Å². The van der Waals surface area contributed by atoms with E-state index in [1.807, 2.05) is 70.2 Å². The van der Waals surface area contributed by atoms with Gasteiger partial charge < -0.3 is 19.5 Å². The smallest absolute Gasteiger partial charge is 0.293 e. The molecule has 0 aliphatic carbocycles. The fourth-order valence-corrected chi connectivity index (χ4v) is 5.52. The van der Waals surface area contributed by atoms with Gasteiger partial charge in [0.25, 0.3) is 17.1 Å². The molecule has 0 atom stereocenters. The van der Waals surface area contributed by atoms with Gasteiger partial charge in [0, 0.05) is 5.69 Å². The lowest BCUT2D eigenvalue weighted by atomic mass is 10.1. The lowest BCUT2D eigenvalue weighted by Crippen LogP contribution is -2.32. The molecule has 1 fully saturated rings. The Morgan fingerprint density at radius 3 is 2.41 bits per heavy atom. The van der Waals surface area contributed by atoms with E-state index in [0.29, 0.717) is 38.8 Å². The Kier molecular flexibility index (Phi) is 10.1. The first-order valence-electron chi connectivity index (χ1n) is 13.1. The van der Waals surface area contributed by atoms with Crippen LogP contribution in [-0.2, 0) is 9.59 Å². The Bertz CT molecular complexity index is 1490. The summed E-state index contributed by atoms with van der Waals surface area (Å²) < 4.78 is 17.8. The molecular weight excluding hydrogens is 608 g/mol. The summed E-state index contributed by atoms with van der Waals surface area (Å²) in [5.41, 5.74) is 4.54. The van der Waals surface area contributed by atoms with E-state index in [2.05, 4.69) is 21.2 Å². The molecule has 0 unspecified atom stereocenters. The van der Waals surface area contributed by atoms with Crippen LogP contribution in [0.1, 0.15) is 29.2 Å². The standard InChI is InChI=1S/C31H31BrN2O6S/c1-5-38-26-16-22(15-24(32)29(26)40-18-28(35)33-25-11-8-20(3)14-21(25)4)17-27-30(36)34(31(37)41-27)12-13-39-23-9-6-19(2)7-10-23/h6-11,14-17H,5,12-13,18H2,1-4H3,(H,33,35)/b27-17-. The average Bonchev–Trinajstić information content (AvgIpc) is 3.18. The first kappa shape index (κ1) is 30.2. The second-order valence-corrected chi connectivity index (χ2v) is 11.3. The Morgan fingerprint density at radius 2 is 1.71 bits per heavy atom. The summed E-state index contributed by atoms with van der Waals surface area (Å²) in [5, 5.41) is 2.51. The Hall–Kier alpha value is -3.76. The van der Waals surface area contributed by atoms with Gasteiger partial charge in [-0.1, -0.05) is 35.4 Å². The van der Waals surface area contributed by atoms with Gasteiger partial charge >= 0.3 is 0 Å². The number of aryl methyl sites for hydroxylation is 3. The van der Waals surface area contributed by atoms with Gasteiger partial charge in [0.1, 0.15) is 12.4 Å². The second-order valence-electron chi connectivity index (χ2n) is 9.41. The van der Waals surface area contributed by atoms with Gasteiger partial charge in [-0.3, -0.25) is 19.3 Å². The highest BCUT2D eigenvalue weighted by Crippen LogP contribution is 2.39. The number of carbonyl (C=O) groups excluding carboxylic acids is 3. The van der Waals surface area contributed by atoms with Crippen LogP contribution in [0.25, 0.3) is 6.08 Å².